The molecule has 0 aromatic carbocycles. The standard InChI is InChI=1S/C16H19NO3/c1-19-13-3-2-12-5-7-17-6-4-11-10-20-15(18)8-14(11)16(12,17)9-13/h2-3,5,13H,4,6-10H2,1H3. The number of hydrogen-bond acceptors (Lipinski definition) is 4. The second kappa shape index (κ2) is 4.30. The van der Waals surface area contributed by atoms with Crippen LogP contribution in [0.5, 0.6) is 0 Å². The van der Waals surface area contributed by atoms with E-state index >= 15 is 0 Å². The number of ether oxygens (including phenoxy) is 2. The van der Waals surface area contributed by atoms with Crippen LogP contribution in [0, 0.1) is 0 Å². The maximum atomic E-state index is 11.8. The summed E-state index contributed by atoms with van der Waals surface area (Å²) in [7, 11) is 1.76. The largest absolute Gasteiger partial charge is 0.461 e. The maximum Gasteiger partial charge on any atom is 0.310 e. The zero-order chi connectivity index (χ0) is 13.7. The topological polar surface area (TPSA) is 38.8 Å². The van der Waals surface area contributed by atoms with E-state index < -0.39 is 0 Å². The van der Waals surface area contributed by atoms with Gasteiger partial charge in [0.25, 0.3) is 0 Å². The molecule has 4 rings (SSSR count). The molecule has 0 saturated carbocycles. The van der Waals surface area contributed by atoms with Crippen LogP contribution < -0.4 is 0 Å². The number of esters is 1. The average Bonchev–Trinajstić information content (AvgIpc) is 2.86. The fourth-order valence-corrected chi connectivity index (χ4v) is 4.18. The van der Waals surface area contributed by atoms with E-state index in [9.17, 15) is 4.79 Å². The molecule has 106 valence electrons. The van der Waals surface area contributed by atoms with Crippen LogP contribution in [0.3, 0.4) is 0 Å². The summed E-state index contributed by atoms with van der Waals surface area (Å²) in [5.41, 5.74) is 3.85. The van der Waals surface area contributed by atoms with Gasteiger partial charge in [0.05, 0.1) is 18.1 Å². The molecule has 0 amide bonds. The van der Waals surface area contributed by atoms with Gasteiger partial charge in [-0.2, -0.15) is 0 Å². The first-order valence-corrected chi connectivity index (χ1v) is 7.28. The molecular formula is C16H19NO3. The highest BCUT2D eigenvalue weighted by Gasteiger charge is 2.52. The summed E-state index contributed by atoms with van der Waals surface area (Å²) >= 11 is 0. The van der Waals surface area contributed by atoms with E-state index in [1.54, 1.807) is 7.11 Å². The lowest BCUT2D eigenvalue weighted by atomic mass is 9.69. The second-order valence-corrected chi connectivity index (χ2v) is 5.97. The van der Waals surface area contributed by atoms with Gasteiger partial charge < -0.3 is 9.47 Å². The zero-order valence-corrected chi connectivity index (χ0v) is 11.7. The molecule has 0 aromatic rings. The van der Waals surface area contributed by atoms with Crippen molar-refractivity contribution in [2.45, 2.75) is 30.9 Å². The van der Waals surface area contributed by atoms with Crippen LogP contribution in [0.15, 0.2) is 34.9 Å². The van der Waals surface area contributed by atoms with Crippen LogP contribution >= 0.6 is 0 Å². The van der Waals surface area contributed by atoms with Crippen molar-refractivity contribution >= 4 is 5.97 Å². The number of carbonyl (C=O) groups is 1. The molecule has 0 aromatic heterocycles. The van der Waals surface area contributed by atoms with Gasteiger partial charge in [0, 0.05) is 26.6 Å². The van der Waals surface area contributed by atoms with Crippen molar-refractivity contribution in [1.29, 1.82) is 0 Å². The van der Waals surface area contributed by atoms with E-state index in [0.29, 0.717) is 13.0 Å². The number of nitrogens with zero attached hydrogens (tertiary/aromatic N) is 1. The maximum absolute atomic E-state index is 11.8. The normalized spacial score (nSPS) is 36.1. The van der Waals surface area contributed by atoms with Crippen molar-refractivity contribution in [2.75, 3.05) is 26.8 Å². The molecule has 0 N–H and O–H groups in total. The molecule has 1 aliphatic carbocycles. The lowest BCUT2D eigenvalue weighted by Crippen LogP contribution is -2.55. The minimum absolute atomic E-state index is 0.0882. The van der Waals surface area contributed by atoms with Gasteiger partial charge in [-0.1, -0.05) is 18.2 Å². The van der Waals surface area contributed by atoms with Gasteiger partial charge in [-0.25, -0.2) is 0 Å². The Kier molecular flexibility index (Phi) is 2.66. The lowest BCUT2D eigenvalue weighted by Gasteiger charge is -2.50. The van der Waals surface area contributed by atoms with Crippen LogP contribution in [0.25, 0.3) is 0 Å². The molecule has 3 aliphatic heterocycles. The summed E-state index contributed by atoms with van der Waals surface area (Å²) < 4.78 is 10.8. The molecule has 4 nitrogen and oxygen atoms in total. The highest BCUT2D eigenvalue weighted by atomic mass is 16.5. The van der Waals surface area contributed by atoms with Gasteiger partial charge in [-0.15, -0.1) is 0 Å². The lowest BCUT2D eigenvalue weighted by molar-refractivity contribution is -0.143. The van der Waals surface area contributed by atoms with E-state index in [-0.39, 0.29) is 17.6 Å². The Bertz CT molecular complexity index is 560. The van der Waals surface area contributed by atoms with Crippen molar-refractivity contribution in [3.8, 4) is 0 Å². The summed E-state index contributed by atoms with van der Waals surface area (Å²) in [5.74, 6) is -0.0882. The molecule has 0 saturated heterocycles. The third-order valence-electron chi connectivity index (χ3n) is 5.18. The number of cyclic esters (lactones) is 1. The molecule has 0 bridgehead atoms. The highest BCUT2D eigenvalue weighted by molar-refractivity contribution is 5.76. The number of methoxy groups -OCH3 is 1. The highest BCUT2D eigenvalue weighted by Crippen LogP contribution is 2.50. The Labute approximate surface area is 118 Å². The molecule has 2 atom stereocenters. The summed E-state index contributed by atoms with van der Waals surface area (Å²) in [6, 6.07) is 0. The first kappa shape index (κ1) is 12.4. The van der Waals surface area contributed by atoms with Gasteiger partial charge >= 0.3 is 5.97 Å². The monoisotopic (exact) mass is 273 g/mol. The van der Waals surface area contributed by atoms with Crippen LogP contribution in [0.1, 0.15) is 19.3 Å². The molecule has 0 radical (unpaired) electrons. The quantitative estimate of drug-likeness (QED) is 0.537. The molecule has 2 unspecified atom stereocenters. The molecule has 1 spiro atoms. The minimum atomic E-state index is -0.109. The Morgan fingerprint density at radius 3 is 3.25 bits per heavy atom. The minimum Gasteiger partial charge on any atom is -0.461 e. The SMILES string of the molecule is COC1C=CC2=CCN3CCC4=C(CC(=O)OC4)C23C1. The first-order chi connectivity index (χ1) is 9.74. The van der Waals surface area contributed by atoms with Gasteiger partial charge in [0.2, 0.25) is 0 Å². The summed E-state index contributed by atoms with van der Waals surface area (Å²) in [5, 5.41) is 0. The van der Waals surface area contributed by atoms with Gasteiger partial charge in [0.15, 0.2) is 0 Å². The molecular weight excluding hydrogens is 254 g/mol. The van der Waals surface area contributed by atoms with E-state index in [1.165, 1.54) is 16.7 Å². The van der Waals surface area contributed by atoms with Crippen LogP contribution in [-0.2, 0) is 14.3 Å². The van der Waals surface area contributed by atoms with Crippen LogP contribution in [0.4, 0.5) is 0 Å². The summed E-state index contributed by atoms with van der Waals surface area (Å²) in [4.78, 5) is 14.3. The second-order valence-electron chi connectivity index (χ2n) is 5.97. The first-order valence-electron chi connectivity index (χ1n) is 7.28. The van der Waals surface area contributed by atoms with Crippen LogP contribution in [-0.4, -0.2) is 49.3 Å². The Morgan fingerprint density at radius 1 is 1.50 bits per heavy atom. The van der Waals surface area contributed by atoms with Gasteiger partial charge in [-0.3, -0.25) is 9.69 Å². The average molecular weight is 273 g/mol. The molecule has 0 fully saturated rings. The predicted molar refractivity (Wildman–Crippen MR) is 74.2 cm³/mol. The van der Waals surface area contributed by atoms with E-state index in [1.807, 2.05) is 0 Å². The molecule has 4 heteroatoms. The Hall–Kier alpha value is -1.39. The van der Waals surface area contributed by atoms with E-state index in [0.717, 1.165) is 25.9 Å². The molecule has 20 heavy (non-hydrogen) atoms. The van der Waals surface area contributed by atoms with Gasteiger partial charge in [0.1, 0.15) is 6.61 Å². The number of hydrogen-bond donors (Lipinski definition) is 0. The van der Waals surface area contributed by atoms with Crippen LogP contribution in [0.2, 0.25) is 0 Å². The van der Waals surface area contributed by atoms with E-state index in [2.05, 4.69) is 23.1 Å². The van der Waals surface area contributed by atoms with Crippen molar-refractivity contribution in [3.05, 3.63) is 34.9 Å². The Balaban J connectivity index is 1.85. The summed E-state index contributed by atoms with van der Waals surface area (Å²) in [6.07, 6.45) is 9.12. The number of carbonyl (C=O) groups excluding carboxylic acids is 1. The van der Waals surface area contributed by atoms with E-state index in [4.69, 9.17) is 9.47 Å². The number of rotatable bonds is 1. The van der Waals surface area contributed by atoms with Crippen molar-refractivity contribution in [2.24, 2.45) is 0 Å². The predicted octanol–water partition coefficient (Wildman–Crippen LogP) is 1.59. The third-order valence-corrected chi connectivity index (χ3v) is 5.18. The smallest absolute Gasteiger partial charge is 0.310 e. The van der Waals surface area contributed by atoms with Gasteiger partial charge in [-0.05, 0) is 23.1 Å². The summed E-state index contributed by atoms with van der Waals surface area (Å²) in [6.45, 7) is 2.50. The van der Waals surface area contributed by atoms with Crippen molar-refractivity contribution in [1.82, 2.24) is 4.90 Å². The fraction of sp³-hybridized carbons (Fsp3) is 0.562. The fourth-order valence-electron chi connectivity index (χ4n) is 4.18. The molecule has 3 heterocycles. The van der Waals surface area contributed by atoms with Crippen molar-refractivity contribution < 1.29 is 14.3 Å². The third kappa shape index (κ3) is 1.52. The Morgan fingerprint density at radius 2 is 2.40 bits per heavy atom. The molecule has 4 aliphatic rings. The van der Waals surface area contributed by atoms with Crippen molar-refractivity contribution in [3.63, 3.8) is 0 Å². The zero-order valence-electron chi connectivity index (χ0n) is 11.7.